The molecule has 1 N–H and O–H groups in total. The van der Waals surface area contributed by atoms with E-state index in [0.717, 1.165) is 16.6 Å². The van der Waals surface area contributed by atoms with E-state index in [1.165, 1.54) is 5.56 Å². The molecule has 1 aromatic heterocycles. The molecule has 1 atom stereocenters. The van der Waals surface area contributed by atoms with Gasteiger partial charge in [0.1, 0.15) is 0 Å². The summed E-state index contributed by atoms with van der Waals surface area (Å²) in [6.07, 6.45) is 3.93. The second-order valence-corrected chi connectivity index (χ2v) is 4.94. The van der Waals surface area contributed by atoms with Crippen molar-refractivity contribution in [3.63, 3.8) is 0 Å². The van der Waals surface area contributed by atoms with Crippen LogP contribution in [0.3, 0.4) is 0 Å². The first-order valence-corrected chi connectivity index (χ1v) is 6.43. The average molecular weight is 295 g/mol. The third-order valence-corrected chi connectivity index (χ3v) is 3.21. The molecule has 4 heteroatoms. The standard InChI is InChI=1S/C13H15BrN2O/c1-2-13(17)11-7-15-16(9-11)8-10-3-5-12(14)6-4-10/h3-7,9,13,17H,2,8H2,1H3. The van der Waals surface area contributed by atoms with Gasteiger partial charge in [-0.25, -0.2) is 0 Å². The van der Waals surface area contributed by atoms with E-state index in [4.69, 9.17) is 0 Å². The molecular weight excluding hydrogens is 280 g/mol. The molecule has 3 nitrogen and oxygen atoms in total. The topological polar surface area (TPSA) is 38.1 Å². The van der Waals surface area contributed by atoms with E-state index in [0.29, 0.717) is 6.42 Å². The number of nitrogens with zero attached hydrogens (tertiary/aromatic N) is 2. The molecule has 0 aliphatic heterocycles. The lowest BCUT2D eigenvalue weighted by molar-refractivity contribution is 0.173. The van der Waals surface area contributed by atoms with Crippen LogP contribution in [0.15, 0.2) is 41.1 Å². The molecule has 1 aromatic carbocycles. The molecule has 0 saturated heterocycles. The van der Waals surface area contributed by atoms with Crippen molar-refractivity contribution in [1.29, 1.82) is 0 Å². The molecule has 0 amide bonds. The van der Waals surface area contributed by atoms with Crippen molar-refractivity contribution in [3.8, 4) is 0 Å². The molecule has 0 spiro atoms. The Balaban J connectivity index is 2.08. The summed E-state index contributed by atoms with van der Waals surface area (Å²) in [7, 11) is 0. The minimum Gasteiger partial charge on any atom is -0.388 e. The Hall–Kier alpha value is -1.13. The lowest BCUT2D eigenvalue weighted by Crippen LogP contribution is -2.00. The maximum atomic E-state index is 9.69. The monoisotopic (exact) mass is 294 g/mol. The summed E-state index contributed by atoms with van der Waals surface area (Å²) < 4.78 is 2.92. The van der Waals surface area contributed by atoms with Crippen molar-refractivity contribution in [3.05, 3.63) is 52.3 Å². The number of hydrogen-bond acceptors (Lipinski definition) is 2. The van der Waals surface area contributed by atoms with Gasteiger partial charge in [-0.05, 0) is 24.1 Å². The minimum absolute atomic E-state index is 0.409. The van der Waals surface area contributed by atoms with Crippen molar-refractivity contribution < 1.29 is 5.11 Å². The fourth-order valence-corrected chi connectivity index (χ4v) is 1.92. The molecule has 0 aliphatic carbocycles. The van der Waals surface area contributed by atoms with E-state index in [1.807, 2.05) is 29.9 Å². The Morgan fingerprint density at radius 1 is 1.35 bits per heavy atom. The van der Waals surface area contributed by atoms with Crippen molar-refractivity contribution in [2.24, 2.45) is 0 Å². The van der Waals surface area contributed by atoms with E-state index in [-0.39, 0.29) is 0 Å². The average Bonchev–Trinajstić information content (AvgIpc) is 2.80. The number of halogens is 1. The molecule has 0 saturated carbocycles. The van der Waals surface area contributed by atoms with E-state index in [2.05, 4.69) is 33.2 Å². The summed E-state index contributed by atoms with van der Waals surface area (Å²) in [5, 5.41) is 13.9. The summed E-state index contributed by atoms with van der Waals surface area (Å²) >= 11 is 3.41. The summed E-state index contributed by atoms with van der Waals surface area (Å²) in [6.45, 7) is 2.68. The highest BCUT2D eigenvalue weighted by molar-refractivity contribution is 9.10. The van der Waals surface area contributed by atoms with Crippen LogP contribution in [0.2, 0.25) is 0 Å². The normalized spacial score (nSPS) is 12.6. The second-order valence-electron chi connectivity index (χ2n) is 4.02. The molecular formula is C13H15BrN2O. The number of benzene rings is 1. The molecule has 0 fully saturated rings. The second kappa shape index (κ2) is 5.47. The van der Waals surface area contributed by atoms with Crippen LogP contribution in [0.25, 0.3) is 0 Å². The largest absolute Gasteiger partial charge is 0.388 e. The zero-order valence-electron chi connectivity index (χ0n) is 9.68. The number of aromatic nitrogens is 2. The van der Waals surface area contributed by atoms with Crippen molar-refractivity contribution >= 4 is 15.9 Å². The molecule has 1 unspecified atom stereocenters. The fourth-order valence-electron chi connectivity index (χ4n) is 1.65. The van der Waals surface area contributed by atoms with Gasteiger partial charge in [0, 0.05) is 16.2 Å². The molecule has 0 bridgehead atoms. The van der Waals surface area contributed by atoms with Crippen molar-refractivity contribution in [2.75, 3.05) is 0 Å². The number of aliphatic hydroxyl groups is 1. The zero-order chi connectivity index (χ0) is 12.3. The Labute approximate surface area is 109 Å². The van der Waals surface area contributed by atoms with Gasteiger partial charge in [-0.15, -0.1) is 0 Å². The Kier molecular flexibility index (Phi) is 3.97. The lowest BCUT2D eigenvalue weighted by atomic mass is 10.1. The maximum Gasteiger partial charge on any atom is 0.0817 e. The first kappa shape index (κ1) is 12.3. The molecule has 90 valence electrons. The predicted octanol–water partition coefficient (Wildman–Crippen LogP) is 3.14. The number of hydrogen-bond donors (Lipinski definition) is 1. The summed E-state index contributed by atoms with van der Waals surface area (Å²) in [4.78, 5) is 0. The van der Waals surface area contributed by atoms with Gasteiger partial charge >= 0.3 is 0 Å². The Morgan fingerprint density at radius 3 is 2.71 bits per heavy atom. The highest BCUT2D eigenvalue weighted by atomic mass is 79.9. The Bertz CT molecular complexity index is 478. The van der Waals surface area contributed by atoms with E-state index < -0.39 is 6.10 Å². The summed E-state index contributed by atoms with van der Waals surface area (Å²) in [5.41, 5.74) is 2.07. The zero-order valence-corrected chi connectivity index (χ0v) is 11.3. The molecule has 17 heavy (non-hydrogen) atoms. The SMILES string of the molecule is CCC(O)c1cnn(Cc2ccc(Br)cc2)c1. The predicted molar refractivity (Wildman–Crippen MR) is 70.7 cm³/mol. The minimum atomic E-state index is -0.409. The molecule has 2 rings (SSSR count). The van der Waals surface area contributed by atoms with Crippen LogP contribution in [-0.2, 0) is 6.54 Å². The molecule has 0 aliphatic rings. The fraction of sp³-hybridized carbons (Fsp3) is 0.308. The first-order chi connectivity index (χ1) is 8.19. The lowest BCUT2D eigenvalue weighted by Gasteiger charge is -2.03. The van der Waals surface area contributed by atoms with Crippen LogP contribution in [0.4, 0.5) is 0 Å². The summed E-state index contributed by atoms with van der Waals surface area (Å²) in [6, 6.07) is 8.14. The molecule has 2 aromatic rings. The Morgan fingerprint density at radius 2 is 2.06 bits per heavy atom. The highest BCUT2D eigenvalue weighted by Gasteiger charge is 2.07. The van der Waals surface area contributed by atoms with Gasteiger partial charge in [-0.1, -0.05) is 35.0 Å². The van der Waals surface area contributed by atoms with Crippen molar-refractivity contribution in [2.45, 2.75) is 26.0 Å². The number of rotatable bonds is 4. The van der Waals surface area contributed by atoms with Crippen LogP contribution < -0.4 is 0 Å². The van der Waals surface area contributed by atoms with E-state index in [1.54, 1.807) is 6.20 Å². The van der Waals surface area contributed by atoms with Gasteiger partial charge in [0.05, 0.1) is 18.8 Å². The smallest absolute Gasteiger partial charge is 0.0817 e. The van der Waals surface area contributed by atoms with E-state index >= 15 is 0 Å². The maximum absolute atomic E-state index is 9.69. The van der Waals surface area contributed by atoms with Gasteiger partial charge < -0.3 is 5.11 Å². The number of aliphatic hydroxyl groups excluding tert-OH is 1. The highest BCUT2D eigenvalue weighted by Crippen LogP contribution is 2.16. The van der Waals surface area contributed by atoms with Crippen LogP contribution in [0.5, 0.6) is 0 Å². The third kappa shape index (κ3) is 3.17. The molecule has 0 radical (unpaired) electrons. The van der Waals surface area contributed by atoms with Crippen LogP contribution >= 0.6 is 15.9 Å². The van der Waals surface area contributed by atoms with Gasteiger partial charge in [0.2, 0.25) is 0 Å². The van der Waals surface area contributed by atoms with E-state index in [9.17, 15) is 5.11 Å². The van der Waals surface area contributed by atoms with Gasteiger partial charge in [-0.3, -0.25) is 4.68 Å². The molecule has 1 heterocycles. The quantitative estimate of drug-likeness (QED) is 0.941. The third-order valence-electron chi connectivity index (χ3n) is 2.68. The summed E-state index contributed by atoms with van der Waals surface area (Å²) in [5.74, 6) is 0. The van der Waals surface area contributed by atoms with Crippen molar-refractivity contribution in [1.82, 2.24) is 9.78 Å². The van der Waals surface area contributed by atoms with Crippen LogP contribution in [0, 0.1) is 0 Å². The van der Waals surface area contributed by atoms with Gasteiger partial charge in [-0.2, -0.15) is 5.10 Å². The van der Waals surface area contributed by atoms with Gasteiger partial charge in [0.25, 0.3) is 0 Å². The van der Waals surface area contributed by atoms with Crippen LogP contribution in [0.1, 0.15) is 30.6 Å². The van der Waals surface area contributed by atoms with Crippen LogP contribution in [-0.4, -0.2) is 14.9 Å². The first-order valence-electron chi connectivity index (χ1n) is 5.64. The van der Waals surface area contributed by atoms with Gasteiger partial charge in [0.15, 0.2) is 0 Å².